The third-order valence-electron chi connectivity index (χ3n) is 3.54. The third kappa shape index (κ3) is 5.17. The summed E-state index contributed by atoms with van der Waals surface area (Å²) in [6.07, 6.45) is 8.05. The number of carboxylic acids is 1. The summed E-state index contributed by atoms with van der Waals surface area (Å²) in [7, 11) is 0. The topological polar surface area (TPSA) is 41.2 Å². The number of carbonyl (C=O) groups is 1. The summed E-state index contributed by atoms with van der Waals surface area (Å²) in [6.45, 7) is 2.91. The van der Waals surface area contributed by atoms with Crippen molar-refractivity contribution >= 4 is 18.1 Å². The molecule has 0 amide bonds. The summed E-state index contributed by atoms with van der Waals surface area (Å²) in [5.74, 6) is -0.724. The summed E-state index contributed by atoms with van der Waals surface area (Å²) in [5.41, 5.74) is 3.55. The highest BCUT2D eigenvalue weighted by molar-refractivity contribution is 5.67. The van der Waals surface area contributed by atoms with Crippen LogP contribution in [0.2, 0.25) is 0 Å². The van der Waals surface area contributed by atoms with Crippen molar-refractivity contribution in [3.05, 3.63) is 65.5 Å². The van der Waals surface area contributed by atoms with Crippen molar-refractivity contribution in [3.63, 3.8) is 0 Å². The van der Waals surface area contributed by atoms with Gasteiger partial charge in [0.15, 0.2) is 6.20 Å². The molecule has 0 unspecified atom stereocenters. The van der Waals surface area contributed by atoms with Crippen LogP contribution in [0, 0.1) is 6.92 Å². The number of hydrogen-bond acceptors (Lipinski definition) is 1. The highest BCUT2D eigenvalue weighted by Gasteiger charge is 2.06. The van der Waals surface area contributed by atoms with Crippen LogP contribution in [0.4, 0.5) is 0 Å². The Labute approximate surface area is 131 Å². The van der Waals surface area contributed by atoms with E-state index >= 15 is 0 Å². The highest BCUT2D eigenvalue weighted by Crippen LogP contribution is 2.07. The van der Waals surface area contributed by atoms with Gasteiger partial charge in [-0.15, -0.1) is 0 Å². The number of carboxylic acid groups (broad SMARTS) is 1. The first-order valence-corrected chi connectivity index (χ1v) is 7.60. The number of aryl methyl sites for hydroxylation is 2. The Hall–Kier alpha value is -2.42. The minimum atomic E-state index is -0.724. The first kappa shape index (κ1) is 16.0. The maximum atomic E-state index is 10.5. The fraction of sp³-hybridized carbons (Fsp3) is 0.263. The molecule has 1 aromatic carbocycles. The minimum Gasteiger partial charge on any atom is -0.481 e. The fourth-order valence-electron chi connectivity index (χ4n) is 2.26. The average molecular weight is 296 g/mol. The molecular formula is C19H22NO2+. The zero-order chi connectivity index (χ0) is 15.8. The molecule has 0 aliphatic heterocycles. The summed E-state index contributed by atoms with van der Waals surface area (Å²) in [4.78, 5) is 10.5. The van der Waals surface area contributed by atoms with Gasteiger partial charge in [0.25, 0.3) is 0 Å². The molecule has 1 N–H and O–H groups in total. The lowest BCUT2D eigenvalue weighted by molar-refractivity contribution is -0.699. The van der Waals surface area contributed by atoms with Crippen molar-refractivity contribution in [2.24, 2.45) is 0 Å². The number of rotatable bonds is 7. The lowest BCUT2D eigenvalue weighted by Gasteiger charge is -2.00. The predicted octanol–water partition coefficient (Wildman–Crippen LogP) is 3.71. The zero-order valence-corrected chi connectivity index (χ0v) is 12.9. The van der Waals surface area contributed by atoms with E-state index in [4.69, 9.17) is 5.11 Å². The Balaban J connectivity index is 2.01. The molecule has 3 nitrogen and oxygen atoms in total. The molecule has 0 saturated carbocycles. The monoisotopic (exact) mass is 296 g/mol. The number of aliphatic carboxylic acids is 1. The first-order valence-electron chi connectivity index (χ1n) is 7.60. The van der Waals surface area contributed by atoms with Crippen LogP contribution in [0.5, 0.6) is 0 Å². The molecule has 0 aliphatic carbocycles. The Morgan fingerprint density at radius 3 is 2.59 bits per heavy atom. The Bertz CT molecular complexity index is 645. The van der Waals surface area contributed by atoms with E-state index in [1.165, 1.54) is 11.1 Å². The average Bonchev–Trinajstić information content (AvgIpc) is 2.52. The van der Waals surface area contributed by atoms with Gasteiger partial charge in [0.2, 0.25) is 5.69 Å². The summed E-state index contributed by atoms with van der Waals surface area (Å²) >= 11 is 0. The van der Waals surface area contributed by atoms with Gasteiger partial charge in [-0.1, -0.05) is 29.8 Å². The number of unbranched alkanes of at least 4 members (excludes halogenated alkanes) is 1. The van der Waals surface area contributed by atoms with E-state index < -0.39 is 5.97 Å². The first-order chi connectivity index (χ1) is 10.6. The van der Waals surface area contributed by atoms with Gasteiger partial charge < -0.3 is 5.11 Å². The Morgan fingerprint density at radius 2 is 1.86 bits per heavy atom. The van der Waals surface area contributed by atoms with Crippen molar-refractivity contribution in [3.8, 4) is 0 Å². The number of benzene rings is 1. The molecule has 1 heterocycles. The van der Waals surface area contributed by atoms with Gasteiger partial charge in [0.05, 0.1) is 0 Å². The molecule has 0 aliphatic rings. The van der Waals surface area contributed by atoms with Crippen LogP contribution in [0.3, 0.4) is 0 Å². The van der Waals surface area contributed by atoms with Gasteiger partial charge in [-0.2, -0.15) is 4.57 Å². The molecule has 0 radical (unpaired) electrons. The molecule has 3 heteroatoms. The largest absolute Gasteiger partial charge is 0.481 e. The van der Waals surface area contributed by atoms with Crippen LogP contribution in [0.15, 0.2) is 48.7 Å². The van der Waals surface area contributed by atoms with Crippen molar-refractivity contribution < 1.29 is 14.5 Å². The van der Waals surface area contributed by atoms with E-state index in [9.17, 15) is 4.79 Å². The van der Waals surface area contributed by atoms with Crippen LogP contribution in [-0.4, -0.2) is 11.1 Å². The van der Waals surface area contributed by atoms with Gasteiger partial charge in [-0.25, -0.2) is 0 Å². The highest BCUT2D eigenvalue weighted by atomic mass is 16.4. The molecular weight excluding hydrogens is 274 g/mol. The minimum absolute atomic E-state index is 0.238. The van der Waals surface area contributed by atoms with Gasteiger partial charge >= 0.3 is 5.97 Å². The van der Waals surface area contributed by atoms with Crippen LogP contribution < -0.4 is 4.57 Å². The molecule has 0 fully saturated rings. The number of aromatic nitrogens is 1. The second-order valence-corrected chi connectivity index (χ2v) is 5.41. The van der Waals surface area contributed by atoms with E-state index in [0.29, 0.717) is 6.42 Å². The fourth-order valence-corrected chi connectivity index (χ4v) is 2.26. The molecule has 114 valence electrons. The molecule has 0 bridgehead atoms. The summed E-state index contributed by atoms with van der Waals surface area (Å²) in [6, 6.07) is 14.5. The van der Waals surface area contributed by atoms with Gasteiger partial charge in [-0.05, 0) is 31.1 Å². The van der Waals surface area contributed by atoms with Crippen molar-refractivity contribution in [1.82, 2.24) is 0 Å². The molecule has 0 atom stereocenters. The lowest BCUT2D eigenvalue weighted by Crippen LogP contribution is -2.36. The number of pyridine rings is 1. The second-order valence-electron chi connectivity index (χ2n) is 5.41. The number of hydrogen-bond donors (Lipinski definition) is 1. The zero-order valence-electron chi connectivity index (χ0n) is 12.9. The smallest absolute Gasteiger partial charge is 0.303 e. The van der Waals surface area contributed by atoms with Gasteiger partial charge in [0, 0.05) is 31.1 Å². The quantitative estimate of drug-likeness (QED) is 0.625. The SMILES string of the molecule is Cc1ccc(/C=C/c2cccc[n+]2CCCCC(=O)O)cc1. The summed E-state index contributed by atoms with van der Waals surface area (Å²) < 4.78 is 2.16. The Morgan fingerprint density at radius 1 is 1.09 bits per heavy atom. The lowest BCUT2D eigenvalue weighted by atomic mass is 10.1. The predicted molar refractivity (Wildman–Crippen MR) is 88.2 cm³/mol. The molecule has 22 heavy (non-hydrogen) atoms. The van der Waals surface area contributed by atoms with E-state index in [-0.39, 0.29) is 6.42 Å². The maximum Gasteiger partial charge on any atom is 0.303 e. The van der Waals surface area contributed by atoms with Gasteiger partial charge in [-0.3, -0.25) is 4.79 Å². The van der Waals surface area contributed by atoms with Crippen LogP contribution in [0.25, 0.3) is 12.2 Å². The normalized spacial score (nSPS) is 11.0. The third-order valence-corrected chi connectivity index (χ3v) is 3.54. The summed E-state index contributed by atoms with van der Waals surface area (Å²) in [5, 5.41) is 8.68. The molecule has 0 saturated heterocycles. The molecule has 2 rings (SSSR count). The van der Waals surface area contributed by atoms with Crippen LogP contribution in [-0.2, 0) is 11.3 Å². The second kappa shape index (κ2) is 8.13. The number of nitrogens with zero attached hydrogens (tertiary/aromatic N) is 1. The standard InChI is InChI=1S/C19H21NO2/c1-16-8-10-17(11-9-16)12-13-18-6-2-4-14-20(18)15-5-3-7-19(21)22/h2,4,6,8-14H,3,5,7,15H2,1H3/p+1/b13-12+. The van der Waals surface area contributed by atoms with E-state index in [2.05, 4.69) is 54.0 Å². The molecule has 0 spiro atoms. The van der Waals surface area contributed by atoms with Crippen molar-refractivity contribution in [2.75, 3.05) is 0 Å². The van der Waals surface area contributed by atoms with Crippen LogP contribution in [0.1, 0.15) is 36.1 Å². The van der Waals surface area contributed by atoms with E-state index in [0.717, 1.165) is 18.7 Å². The molecule has 2 aromatic rings. The van der Waals surface area contributed by atoms with Crippen LogP contribution >= 0.6 is 0 Å². The van der Waals surface area contributed by atoms with Crippen molar-refractivity contribution in [1.29, 1.82) is 0 Å². The van der Waals surface area contributed by atoms with E-state index in [1.54, 1.807) is 0 Å². The van der Waals surface area contributed by atoms with Gasteiger partial charge in [0.1, 0.15) is 6.54 Å². The van der Waals surface area contributed by atoms with Crippen molar-refractivity contribution in [2.45, 2.75) is 32.7 Å². The maximum absolute atomic E-state index is 10.5. The van der Waals surface area contributed by atoms with E-state index in [1.807, 2.05) is 18.3 Å². The molecule has 1 aromatic heterocycles. The Kier molecular flexibility index (Phi) is 5.90.